The molecule has 0 bridgehead atoms. The van der Waals surface area contributed by atoms with E-state index in [0.717, 1.165) is 30.6 Å². The Hall–Kier alpha value is -2.04. The van der Waals surface area contributed by atoms with E-state index < -0.39 is 0 Å². The number of methoxy groups -OCH3 is 1. The fourth-order valence-corrected chi connectivity index (χ4v) is 2.73. The van der Waals surface area contributed by atoms with Crippen LogP contribution in [0.1, 0.15) is 25.3 Å². The number of nitrogens with zero attached hydrogens (tertiary/aromatic N) is 1. The van der Waals surface area contributed by atoms with Crippen molar-refractivity contribution < 1.29 is 19.1 Å². The van der Waals surface area contributed by atoms with Crippen molar-refractivity contribution >= 4 is 11.9 Å². The summed E-state index contributed by atoms with van der Waals surface area (Å²) in [6.07, 6.45) is 2.45. The maximum absolute atomic E-state index is 12.3. The first-order chi connectivity index (χ1) is 10.7. The van der Waals surface area contributed by atoms with Gasteiger partial charge in [0.25, 0.3) is 5.91 Å². The Morgan fingerprint density at radius 3 is 2.82 bits per heavy atom. The molecule has 1 amide bonds. The van der Waals surface area contributed by atoms with Gasteiger partial charge in [-0.05, 0) is 30.9 Å². The fraction of sp³-hybridized carbons (Fsp3) is 0.529. The molecule has 0 aromatic heterocycles. The Bertz CT molecular complexity index is 529. The smallest absolute Gasteiger partial charge is 0.310 e. The van der Waals surface area contributed by atoms with E-state index in [-0.39, 0.29) is 24.4 Å². The molecule has 1 saturated heterocycles. The van der Waals surface area contributed by atoms with Gasteiger partial charge in [-0.1, -0.05) is 25.1 Å². The molecule has 0 saturated carbocycles. The number of para-hydroxylation sites is 1. The highest BCUT2D eigenvalue weighted by Crippen LogP contribution is 2.20. The van der Waals surface area contributed by atoms with Crippen LogP contribution in [0.15, 0.2) is 24.3 Å². The molecule has 0 spiro atoms. The van der Waals surface area contributed by atoms with Crippen LogP contribution < -0.4 is 4.74 Å². The molecular weight excluding hydrogens is 282 g/mol. The average Bonchev–Trinajstić information content (AvgIpc) is 2.59. The van der Waals surface area contributed by atoms with Crippen LogP contribution in [-0.2, 0) is 20.7 Å². The topological polar surface area (TPSA) is 55.8 Å². The van der Waals surface area contributed by atoms with E-state index in [1.807, 2.05) is 24.3 Å². The maximum Gasteiger partial charge on any atom is 0.310 e. The van der Waals surface area contributed by atoms with Crippen LogP contribution >= 0.6 is 0 Å². The molecule has 1 aromatic carbocycles. The van der Waals surface area contributed by atoms with Crippen LogP contribution in [0.3, 0.4) is 0 Å². The van der Waals surface area contributed by atoms with E-state index in [4.69, 9.17) is 9.47 Å². The van der Waals surface area contributed by atoms with Gasteiger partial charge in [-0.3, -0.25) is 9.59 Å². The number of piperidine rings is 1. The van der Waals surface area contributed by atoms with Gasteiger partial charge < -0.3 is 14.4 Å². The van der Waals surface area contributed by atoms with Crippen molar-refractivity contribution in [3.05, 3.63) is 29.8 Å². The number of hydrogen-bond donors (Lipinski definition) is 0. The van der Waals surface area contributed by atoms with Crippen molar-refractivity contribution in [1.82, 2.24) is 4.90 Å². The Kier molecular flexibility index (Phi) is 5.81. The zero-order chi connectivity index (χ0) is 15.9. The minimum atomic E-state index is -0.241. The fourth-order valence-electron chi connectivity index (χ4n) is 2.73. The molecule has 1 atom stereocenters. The molecule has 5 nitrogen and oxygen atoms in total. The van der Waals surface area contributed by atoms with Crippen molar-refractivity contribution in [1.29, 1.82) is 0 Å². The van der Waals surface area contributed by atoms with Crippen molar-refractivity contribution in [2.45, 2.75) is 26.2 Å². The summed E-state index contributed by atoms with van der Waals surface area (Å²) in [5, 5.41) is 0. The van der Waals surface area contributed by atoms with Gasteiger partial charge in [0, 0.05) is 13.1 Å². The predicted molar refractivity (Wildman–Crippen MR) is 82.6 cm³/mol. The highest BCUT2D eigenvalue weighted by Gasteiger charge is 2.29. The highest BCUT2D eigenvalue weighted by atomic mass is 16.5. The molecule has 2 rings (SSSR count). The van der Waals surface area contributed by atoms with Crippen LogP contribution in [-0.4, -0.2) is 43.6 Å². The molecule has 1 aromatic rings. The van der Waals surface area contributed by atoms with Gasteiger partial charge in [0.1, 0.15) is 5.75 Å². The molecule has 5 heteroatoms. The lowest BCUT2D eigenvalue weighted by Crippen LogP contribution is -2.44. The number of esters is 1. The summed E-state index contributed by atoms with van der Waals surface area (Å²) in [6.45, 7) is 3.15. The number of carbonyl (C=O) groups excluding carboxylic acids is 2. The Balaban J connectivity index is 1.90. The first-order valence-electron chi connectivity index (χ1n) is 7.72. The summed E-state index contributed by atoms with van der Waals surface area (Å²) in [6, 6.07) is 7.72. The second-order valence-corrected chi connectivity index (χ2v) is 5.45. The normalized spacial score (nSPS) is 17.9. The predicted octanol–water partition coefficient (Wildman–Crippen LogP) is 2.04. The van der Waals surface area contributed by atoms with Crippen LogP contribution in [0.5, 0.6) is 5.75 Å². The van der Waals surface area contributed by atoms with Crippen LogP contribution in [0.2, 0.25) is 0 Å². The number of ether oxygens (including phenoxy) is 2. The van der Waals surface area contributed by atoms with Crippen molar-refractivity contribution in [3.63, 3.8) is 0 Å². The number of hydrogen-bond acceptors (Lipinski definition) is 4. The molecule has 1 aliphatic heterocycles. The number of aryl methyl sites for hydroxylation is 1. The standard InChI is InChI=1S/C17H23NO4/c1-3-13-7-4-5-9-15(13)22-12-16(19)18-10-6-8-14(11-18)17(20)21-2/h4-5,7,9,14H,3,6,8,10-12H2,1-2H3. The molecule has 22 heavy (non-hydrogen) atoms. The third kappa shape index (κ3) is 4.00. The van der Waals surface area contributed by atoms with Crippen LogP contribution in [0.25, 0.3) is 0 Å². The number of amides is 1. The molecule has 1 unspecified atom stereocenters. The van der Waals surface area contributed by atoms with Crippen molar-refractivity contribution in [2.75, 3.05) is 26.8 Å². The molecule has 0 radical (unpaired) electrons. The lowest BCUT2D eigenvalue weighted by atomic mass is 9.98. The maximum atomic E-state index is 12.3. The van der Waals surface area contributed by atoms with Gasteiger partial charge in [0.2, 0.25) is 0 Å². The van der Waals surface area contributed by atoms with E-state index in [1.54, 1.807) is 4.90 Å². The van der Waals surface area contributed by atoms with Gasteiger partial charge >= 0.3 is 5.97 Å². The first-order valence-corrected chi connectivity index (χ1v) is 7.72. The number of likely N-dealkylation sites (tertiary alicyclic amines) is 1. The van der Waals surface area contributed by atoms with Crippen LogP contribution in [0, 0.1) is 5.92 Å². The van der Waals surface area contributed by atoms with Gasteiger partial charge in [-0.15, -0.1) is 0 Å². The van der Waals surface area contributed by atoms with Gasteiger partial charge in [0.05, 0.1) is 13.0 Å². The number of rotatable bonds is 5. The Morgan fingerprint density at radius 2 is 2.09 bits per heavy atom. The summed E-state index contributed by atoms with van der Waals surface area (Å²) in [7, 11) is 1.38. The highest BCUT2D eigenvalue weighted by molar-refractivity contribution is 5.79. The first kappa shape index (κ1) is 16.3. The largest absolute Gasteiger partial charge is 0.483 e. The molecule has 1 heterocycles. The lowest BCUT2D eigenvalue weighted by molar-refractivity contribution is -0.149. The summed E-state index contributed by atoms with van der Waals surface area (Å²) in [5.74, 6) is 0.208. The summed E-state index contributed by atoms with van der Waals surface area (Å²) < 4.78 is 10.4. The quantitative estimate of drug-likeness (QED) is 0.781. The molecule has 1 fully saturated rings. The van der Waals surface area contributed by atoms with Gasteiger partial charge in [0.15, 0.2) is 6.61 Å². The second-order valence-electron chi connectivity index (χ2n) is 5.45. The van der Waals surface area contributed by atoms with E-state index in [2.05, 4.69) is 6.92 Å². The minimum absolute atomic E-state index is 0.00487. The third-order valence-electron chi connectivity index (χ3n) is 4.01. The minimum Gasteiger partial charge on any atom is -0.483 e. The second kappa shape index (κ2) is 7.82. The lowest BCUT2D eigenvalue weighted by Gasteiger charge is -2.31. The molecular formula is C17H23NO4. The Labute approximate surface area is 131 Å². The van der Waals surface area contributed by atoms with E-state index >= 15 is 0 Å². The molecule has 0 N–H and O–H groups in total. The van der Waals surface area contributed by atoms with Gasteiger partial charge in [-0.2, -0.15) is 0 Å². The third-order valence-corrected chi connectivity index (χ3v) is 4.01. The van der Waals surface area contributed by atoms with Gasteiger partial charge in [-0.25, -0.2) is 0 Å². The summed E-state index contributed by atoms with van der Waals surface area (Å²) in [5.41, 5.74) is 1.08. The monoisotopic (exact) mass is 305 g/mol. The summed E-state index contributed by atoms with van der Waals surface area (Å²) >= 11 is 0. The van der Waals surface area contributed by atoms with Crippen molar-refractivity contribution in [3.8, 4) is 5.75 Å². The zero-order valence-corrected chi connectivity index (χ0v) is 13.2. The SMILES string of the molecule is CCc1ccccc1OCC(=O)N1CCCC(C(=O)OC)C1. The van der Waals surface area contributed by atoms with E-state index in [0.29, 0.717) is 13.1 Å². The Morgan fingerprint density at radius 1 is 1.32 bits per heavy atom. The number of benzene rings is 1. The van der Waals surface area contributed by atoms with Crippen LogP contribution in [0.4, 0.5) is 0 Å². The van der Waals surface area contributed by atoms with E-state index in [1.165, 1.54) is 7.11 Å². The molecule has 120 valence electrons. The average molecular weight is 305 g/mol. The molecule has 1 aliphatic rings. The van der Waals surface area contributed by atoms with Crippen molar-refractivity contribution in [2.24, 2.45) is 5.92 Å². The van der Waals surface area contributed by atoms with E-state index in [9.17, 15) is 9.59 Å². The zero-order valence-electron chi connectivity index (χ0n) is 13.2. The number of carbonyl (C=O) groups is 2. The molecule has 0 aliphatic carbocycles. The summed E-state index contributed by atoms with van der Waals surface area (Å²) in [4.78, 5) is 25.6.